The third-order valence-corrected chi connectivity index (χ3v) is 3.72. The highest BCUT2D eigenvalue weighted by atomic mass is 35.5. The molecule has 0 aromatic heterocycles. The van der Waals surface area contributed by atoms with E-state index in [-0.39, 0.29) is 6.04 Å². The maximum atomic E-state index is 6.32. The zero-order valence-electron chi connectivity index (χ0n) is 12.4. The minimum absolute atomic E-state index is 0.0381. The Balaban J connectivity index is 2.34. The summed E-state index contributed by atoms with van der Waals surface area (Å²) in [5, 5.41) is 0.742. The molecule has 2 aromatic carbocycles. The Hall–Kier alpha value is -1.31. The zero-order chi connectivity index (χ0) is 14.7. The van der Waals surface area contributed by atoms with Crippen LogP contribution in [0.1, 0.15) is 37.9 Å². The molecule has 2 aromatic rings. The Kier molecular flexibility index (Phi) is 4.85. The van der Waals surface area contributed by atoms with Gasteiger partial charge in [0.25, 0.3) is 0 Å². The van der Waals surface area contributed by atoms with Crippen molar-refractivity contribution in [1.82, 2.24) is 0 Å². The Labute approximate surface area is 126 Å². The van der Waals surface area contributed by atoms with Crippen molar-refractivity contribution in [3.05, 3.63) is 58.6 Å². The molecule has 0 saturated heterocycles. The van der Waals surface area contributed by atoms with E-state index < -0.39 is 0 Å². The largest absolute Gasteiger partial charge is 0.324 e. The van der Waals surface area contributed by atoms with E-state index in [0.29, 0.717) is 5.92 Å². The second-order valence-electron chi connectivity index (χ2n) is 5.82. The van der Waals surface area contributed by atoms with Crippen LogP contribution in [0.5, 0.6) is 0 Å². The van der Waals surface area contributed by atoms with Gasteiger partial charge in [-0.1, -0.05) is 61.8 Å². The number of nitrogens with two attached hydrogens (primary N) is 1. The lowest BCUT2D eigenvalue weighted by Gasteiger charge is -2.11. The van der Waals surface area contributed by atoms with Crippen LogP contribution in [0.2, 0.25) is 5.02 Å². The first kappa shape index (κ1) is 15.1. The van der Waals surface area contributed by atoms with Crippen LogP contribution in [0, 0.1) is 5.92 Å². The number of hydrogen-bond donors (Lipinski definition) is 1. The summed E-state index contributed by atoms with van der Waals surface area (Å²) in [6, 6.07) is 14.8. The van der Waals surface area contributed by atoms with E-state index in [1.807, 2.05) is 19.1 Å². The van der Waals surface area contributed by atoms with Crippen molar-refractivity contribution in [2.45, 2.75) is 33.2 Å². The molecule has 0 aliphatic carbocycles. The molecule has 0 fully saturated rings. The Bertz CT molecular complexity index is 588. The van der Waals surface area contributed by atoms with Crippen molar-refractivity contribution in [2.24, 2.45) is 11.7 Å². The molecule has 0 aliphatic heterocycles. The third-order valence-electron chi connectivity index (χ3n) is 3.40. The summed E-state index contributed by atoms with van der Waals surface area (Å²) >= 11 is 6.32. The fraction of sp³-hybridized carbons (Fsp3) is 0.333. The number of halogens is 1. The molecule has 2 heteroatoms. The quantitative estimate of drug-likeness (QED) is 0.819. The summed E-state index contributed by atoms with van der Waals surface area (Å²) in [5.74, 6) is 0.661. The van der Waals surface area contributed by atoms with Crippen LogP contribution in [-0.4, -0.2) is 0 Å². The topological polar surface area (TPSA) is 26.0 Å². The molecular formula is C18H22ClN. The molecule has 1 nitrogen and oxygen atoms in total. The number of rotatable bonds is 4. The molecule has 0 amide bonds. The standard InChI is InChI=1S/C18H22ClN/c1-12(2)9-14-5-4-6-15(10-14)16-7-8-17(13(3)20)18(19)11-16/h4-8,10-13H,9,20H2,1-3H3. The summed E-state index contributed by atoms with van der Waals surface area (Å²) in [6.07, 6.45) is 1.10. The van der Waals surface area contributed by atoms with Gasteiger partial charge in [0, 0.05) is 11.1 Å². The van der Waals surface area contributed by atoms with Crippen LogP contribution < -0.4 is 5.73 Å². The number of benzene rings is 2. The Morgan fingerprint density at radius 2 is 1.70 bits per heavy atom. The molecule has 0 saturated carbocycles. The molecule has 0 heterocycles. The molecule has 0 spiro atoms. The lowest BCUT2D eigenvalue weighted by molar-refractivity contribution is 0.647. The highest BCUT2D eigenvalue weighted by molar-refractivity contribution is 6.31. The van der Waals surface area contributed by atoms with Gasteiger partial charge in [-0.05, 0) is 47.6 Å². The average molecular weight is 288 g/mol. The maximum Gasteiger partial charge on any atom is 0.0459 e. The maximum absolute atomic E-state index is 6.32. The van der Waals surface area contributed by atoms with Crippen LogP contribution >= 0.6 is 11.6 Å². The van der Waals surface area contributed by atoms with Crippen LogP contribution in [0.3, 0.4) is 0 Å². The highest BCUT2D eigenvalue weighted by Gasteiger charge is 2.08. The van der Waals surface area contributed by atoms with Crippen molar-refractivity contribution >= 4 is 11.6 Å². The lowest BCUT2D eigenvalue weighted by Crippen LogP contribution is -2.05. The van der Waals surface area contributed by atoms with Gasteiger partial charge in [0.15, 0.2) is 0 Å². The van der Waals surface area contributed by atoms with Crippen LogP contribution in [-0.2, 0) is 6.42 Å². The summed E-state index contributed by atoms with van der Waals surface area (Å²) in [5.41, 5.74) is 10.6. The highest BCUT2D eigenvalue weighted by Crippen LogP contribution is 2.29. The molecule has 0 aliphatic rings. The van der Waals surface area contributed by atoms with Gasteiger partial charge >= 0.3 is 0 Å². The number of hydrogen-bond acceptors (Lipinski definition) is 1. The van der Waals surface area contributed by atoms with Crippen molar-refractivity contribution in [1.29, 1.82) is 0 Å². The average Bonchev–Trinajstić information content (AvgIpc) is 2.37. The van der Waals surface area contributed by atoms with Gasteiger partial charge in [-0.25, -0.2) is 0 Å². The predicted octanol–water partition coefficient (Wildman–Crippen LogP) is 5.23. The summed E-state index contributed by atoms with van der Waals surface area (Å²) < 4.78 is 0. The predicted molar refractivity (Wildman–Crippen MR) is 88.0 cm³/mol. The summed E-state index contributed by atoms with van der Waals surface area (Å²) in [6.45, 7) is 6.42. The molecule has 2 rings (SSSR count). The first-order chi connectivity index (χ1) is 9.47. The third kappa shape index (κ3) is 3.62. The van der Waals surface area contributed by atoms with Crippen LogP contribution in [0.15, 0.2) is 42.5 Å². The van der Waals surface area contributed by atoms with Crippen molar-refractivity contribution in [3.8, 4) is 11.1 Å². The second kappa shape index (κ2) is 6.43. The molecule has 20 heavy (non-hydrogen) atoms. The minimum Gasteiger partial charge on any atom is -0.324 e. The molecule has 0 radical (unpaired) electrons. The molecule has 1 unspecified atom stereocenters. The van der Waals surface area contributed by atoms with E-state index in [9.17, 15) is 0 Å². The normalized spacial score (nSPS) is 12.7. The molecular weight excluding hydrogens is 266 g/mol. The molecule has 1 atom stereocenters. The van der Waals surface area contributed by atoms with Crippen LogP contribution in [0.4, 0.5) is 0 Å². The van der Waals surface area contributed by atoms with Gasteiger partial charge in [-0.2, -0.15) is 0 Å². The molecule has 2 N–H and O–H groups in total. The van der Waals surface area contributed by atoms with Crippen molar-refractivity contribution in [3.63, 3.8) is 0 Å². The van der Waals surface area contributed by atoms with Crippen molar-refractivity contribution in [2.75, 3.05) is 0 Å². The van der Waals surface area contributed by atoms with Gasteiger partial charge in [0.1, 0.15) is 0 Å². The fourth-order valence-corrected chi connectivity index (χ4v) is 2.78. The minimum atomic E-state index is -0.0381. The van der Waals surface area contributed by atoms with E-state index in [2.05, 4.69) is 44.2 Å². The van der Waals surface area contributed by atoms with E-state index >= 15 is 0 Å². The Morgan fingerprint density at radius 3 is 2.30 bits per heavy atom. The van der Waals surface area contributed by atoms with E-state index in [1.165, 1.54) is 11.1 Å². The van der Waals surface area contributed by atoms with Gasteiger partial charge in [0.2, 0.25) is 0 Å². The van der Waals surface area contributed by atoms with Gasteiger partial charge < -0.3 is 5.73 Å². The lowest BCUT2D eigenvalue weighted by atomic mass is 9.97. The summed E-state index contributed by atoms with van der Waals surface area (Å²) in [7, 11) is 0. The second-order valence-corrected chi connectivity index (χ2v) is 6.23. The van der Waals surface area contributed by atoms with Gasteiger partial charge in [-0.15, -0.1) is 0 Å². The van der Waals surface area contributed by atoms with E-state index in [4.69, 9.17) is 17.3 Å². The van der Waals surface area contributed by atoms with Gasteiger partial charge in [0.05, 0.1) is 0 Å². The monoisotopic (exact) mass is 287 g/mol. The Morgan fingerprint density at radius 1 is 1.00 bits per heavy atom. The first-order valence-electron chi connectivity index (χ1n) is 7.11. The van der Waals surface area contributed by atoms with Crippen molar-refractivity contribution < 1.29 is 0 Å². The van der Waals surface area contributed by atoms with Gasteiger partial charge in [-0.3, -0.25) is 0 Å². The SMILES string of the molecule is CC(C)Cc1cccc(-c2ccc(C(C)N)c(Cl)c2)c1. The zero-order valence-corrected chi connectivity index (χ0v) is 13.1. The van der Waals surface area contributed by atoms with E-state index in [0.717, 1.165) is 22.6 Å². The fourth-order valence-electron chi connectivity index (χ4n) is 2.43. The summed E-state index contributed by atoms with van der Waals surface area (Å²) in [4.78, 5) is 0. The first-order valence-corrected chi connectivity index (χ1v) is 7.49. The van der Waals surface area contributed by atoms with Crippen LogP contribution in [0.25, 0.3) is 11.1 Å². The van der Waals surface area contributed by atoms with E-state index in [1.54, 1.807) is 0 Å². The molecule has 106 valence electrons. The molecule has 0 bridgehead atoms. The smallest absolute Gasteiger partial charge is 0.0459 e.